The molecule has 0 atom stereocenters. The number of urea groups is 1. The number of amides is 2. The minimum Gasteiger partial charge on any atom is -0.336 e. The molecule has 1 heterocycles. The first kappa shape index (κ1) is 15.4. The second kappa shape index (κ2) is 6.63. The van der Waals surface area contributed by atoms with Crippen molar-refractivity contribution >= 4 is 23.3 Å². The lowest BCUT2D eigenvalue weighted by Gasteiger charge is -2.18. The van der Waals surface area contributed by atoms with E-state index in [0.29, 0.717) is 18.1 Å². The summed E-state index contributed by atoms with van der Waals surface area (Å²) in [5.74, 6) is 0. The maximum absolute atomic E-state index is 12.0. The molecular weight excluding hydrogens is 288 g/mol. The minimum atomic E-state index is -0.145. The number of carbonyl (C=O) groups is 1. The van der Waals surface area contributed by atoms with Gasteiger partial charge in [0.2, 0.25) is 0 Å². The van der Waals surface area contributed by atoms with Gasteiger partial charge in [0, 0.05) is 19.3 Å². The summed E-state index contributed by atoms with van der Waals surface area (Å²) in [5.41, 5.74) is 2.57. The number of para-hydroxylation sites is 1. The van der Waals surface area contributed by atoms with E-state index in [1.165, 1.54) is 0 Å². The topological polar surface area (TPSA) is 50.2 Å². The van der Waals surface area contributed by atoms with Crippen molar-refractivity contribution < 1.29 is 4.79 Å². The Hall–Kier alpha value is -2.01. The number of nitrogens with one attached hydrogen (secondary N) is 1. The molecule has 112 valence electrons. The van der Waals surface area contributed by atoms with Crippen molar-refractivity contribution in [2.24, 2.45) is 0 Å². The van der Waals surface area contributed by atoms with Gasteiger partial charge in [-0.15, -0.1) is 0 Å². The van der Waals surface area contributed by atoms with Crippen LogP contribution < -0.4 is 10.2 Å². The van der Waals surface area contributed by atoms with Gasteiger partial charge in [-0.05, 0) is 26.0 Å². The number of benzene rings is 1. The Kier molecular flexibility index (Phi) is 4.85. The Balaban J connectivity index is 1.88. The number of hydrogen-bond acceptors (Lipinski definition) is 2. The molecule has 5 nitrogen and oxygen atoms in total. The van der Waals surface area contributed by atoms with E-state index in [0.717, 1.165) is 17.1 Å². The van der Waals surface area contributed by atoms with E-state index in [4.69, 9.17) is 11.6 Å². The van der Waals surface area contributed by atoms with Crippen LogP contribution in [0.5, 0.6) is 0 Å². The average Bonchev–Trinajstić information content (AvgIpc) is 2.74. The van der Waals surface area contributed by atoms with Gasteiger partial charge in [0.05, 0.1) is 23.0 Å². The number of nitrogens with zero attached hydrogens (tertiary/aromatic N) is 3. The predicted molar refractivity (Wildman–Crippen MR) is 85.0 cm³/mol. The summed E-state index contributed by atoms with van der Waals surface area (Å²) in [6.07, 6.45) is 0. The standard InChI is InChI=1S/C15H19ClN4O/c1-11-14(16)12(2)20(18-11)10-9-17-15(21)19(3)13-7-5-4-6-8-13/h4-8H,9-10H2,1-3H3,(H,17,21). The highest BCUT2D eigenvalue weighted by molar-refractivity contribution is 6.31. The van der Waals surface area contributed by atoms with Gasteiger partial charge in [-0.2, -0.15) is 5.10 Å². The minimum absolute atomic E-state index is 0.145. The van der Waals surface area contributed by atoms with Crippen molar-refractivity contribution in [3.05, 3.63) is 46.7 Å². The number of halogens is 1. The molecule has 0 unspecified atom stereocenters. The third kappa shape index (κ3) is 3.55. The lowest BCUT2D eigenvalue weighted by atomic mass is 10.3. The molecule has 0 spiro atoms. The van der Waals surface area contributed by atoms with Crippen LogP contribution in [0, 0.1) is 13.8 Å². The molecule has 1 aromatic carbocycles. The van der Waals surface area contributed by atoms with E-state index in [1.54, 1.807) is 16.6 Å². The monoisotopic (exact) mass is 306 g/mol. The fourth-order valence-corrected chi connectivity index (χ4v) is 2.18. The molecule has 0 fully saturated rings. The maximum Gasteiger partial charge on any atom is 0.321 e. The zero-order valence-electron chi connectivity index (χ0n) is 12.4. The van der Waals surface area contributed by atoms with Crippen LogP contribution in [0.2, 0.25) is 5.02 Å². The zero-order chi connectivity index (χ0) is 15.4. The second-order valence-corrected chi connectivity index (χ2v) is 5.21. The first-order chi connectivity index (χ1) is 10.0. The quantitative estimate of drug-likeness (QED) is 0.944. The van der Waals surface area contributed by atoms with Crippen LogP contribution in [-0.4, -0.2) is 29.4 Å². The van der Waals surface area contributed by atoms with Gasteiger partial charge in [0.15, 0.2) is 0 Å². The van der Waals surface area contributed by atoms with Crippen LogP contribution in [0.1, 0.15) is 11.4 Å². The molecule has 0 aliphatic rings. The summed E-state index contributed by atoms with van der Waals surface area (Å²) < 4.78 is 1.81. The van der Waals surface area contributed by atoms with Crippen molar-refractivity contribution in [3.8, 4) is 0 Å². The molecule has 0 aliphatic heterocycles. The maximum atomic E-state index is 12.0. The fourth-order valence-electron chi connectivity index (χ4n) is 2.05. The Morgan fingerprint density at radius 2 is 2.00 bits per heavy atom. The van der Waals surface area contributed by atoms with Crippen molar-refractivity contribution in [2.45, 2.75) is 20.4 Å². The molecule has 21 heavy (non-hydrogen) atoms. The van der Waals surface area contributed by atoms with Gasteiger partial charge >= 0.3 is 6.03 Å². The largest absolute Gasteiger partial charge is 0.336 e. The average molecular weight is 307 g/mol. The van der Waals surface area contributed by atoms with Crippen LogP contribution in [0.4, 0.5) is 10.5 Å². The predicted octanol–water partition coefficient (Wildman–Crippen LogP) is 3.00. The van der Waals surface area contributed by atoms with E-state index in [2.05, 4.69) is 10.4 Å². The normalized spacial score (nSPS) is 10.5. The summed E-state index contributed by atoms with van der Waals surface area (Å²) in [5, 5.41) is 7.88. The summed E-state index contributed by atoms with van der Waals surface area (Å²) in [6.45, 7) is 4.87. The number of aromatic nitrogens is 2. The van der Waals surface area contributed by atoms with Crippen LogP contribution in [0.15, 0.2) is 30.3 Å². The van der Waals surface area contributed by atoms with E-state index in [-0.39, 0.29) is 6.03 Å². The van der Waals surface area contributed by atoms with E-state index < -0.39 is 0 Å². The zero-order valence-corrected chi connectivity index (χ0v) is 13.2. The summed E-state index contributed by atoms with van der Waals surface area (Å²) in [6, 6.07) is 9.35. The molecule has 2 rings (SSSR count). The molecule has 1 aromatic heterocycles. The van der Waals surface area contributed by atoms with Gasteiger partial charge < -0.3 is 5.32 Å². The first-order valence-electron chi connectivity index (χ1n) is 6.77. The van der Waals surface area contributed by atoms with Gasteiger partial charge in [0.1, 0.15) is 0 Å². The number of hydrogen-bond donors (Lipinski definition) is 1. The molecule has 2 amide bonds. The van der Waals surface area contributed by atoms with Crippen LogP contribution in [0.25, 0.3) is 0 Å². The molecule has 1 N–H and O–H groups in total. The molecule has 0 aliphatic carbocycles. The Bertz CT molecular complexity index is 624. The van der Waals surface area contributed by atoms with E-state index in [1.807, 2.05) is 44.2 Å². The Morgan fingerprint density at radius 1 is 1.33 bits per heavy atom. The highest BCUT2D eigenvalue weighted by Gasteiger charge is 2.11. The van der Waals surface area contributed by atoms with E-state index in [9.17, 15) is 4.79 Å². The molecule has 0 saturated heterocycles. The third-order valence-electron chi connectivity index (χ3n) is 3.34. The smallest absolute Gasteiger partial charge is 0.321 e. The highest BCUT2D eigenvalue weighted by atomic mass is 35.5. The van der Waals surface area contributed by atoms with Gasteiger partial charge in [-0.25, -0.2) is 4.79 Å². The summed E-state index contributed by atoms with van der Waals surface area (Å²) >= 11 is 6.09. The van der Waals surface area contributed by atoms with Gasteiger partial charge in [-0.1, -0.05) is 29.8 Å². The fraction of sp³-hybridized carbons (Fsp3) is 0.333. The molecule has 0 saturated carbocycles. The Labute approximate surface area is 129 Å². The highest BCUT2D eigenvalue weighted by Crippen LogP contribution is 2.18. The second-order valence-electron chi connectivity index (χ2n) is 4.83. The number of aryl methyl sites for hydroxylation is 1. The van der Waals surface area contributed by atoms with E-state index >= 15 is 0 Å². The summed E-state index contributed by atoms with van der Waals surface area (Å²) in [7, 11) is 1.74. The lowest BCUT2D eigenvalue weighted by molar-refractivity contribution is 0.247. The number of anilines is 1. The van der Waals surface area contributed by atoms with Gasteiger partial charge in [-0.3, -0.25) is 9.58 Å². The third-order valence-corrected chi connectivity index (χ3v) is 3.89. The molecule has 6 heteroatoms. The Morgan fingerprint density at radius 3 is 2.57 bits per heavy atom. The van der Waals surface area contributed by atoms with Crippen LogP contribution >= 0.6 is 11.6 Å². The van der Waals surface area contributed by atoms with Crippen molar-refractivity contribution in [1.82, 2.24) is 15.1 Å². The molecule has 0 radical (unpaired) electrons. The van der Waals surface area contributed by atoms with Crippen molar-refractivity contribution in [3.63, 3.8) is 0 Å². The first-order valence-corrected chi connectivity index (χ1v) is 7.14. The van der Waals surface area contributed by atoms with Crippen LogP contribution in [0.3, 0.4) is 0 Å². The van der Waals surface area contributed by atoms with Crippen LogP contribution in [-0.2, 0) is 6.54 Å². The summed E-state index contributed by atoms with van der Waals surface area (Å²) in [4.78, 5) is 13.6. The molecule has 2 aromatic rings. The lowest BCUT2D eigenvalue weighted by Crippen LogP contribution is -2.38. The molecular formula is C15H19ClN4O. The number of rotatable bonds is 4. The van der Waals surface area contributed by atoms with Gasteiger partial charge in [0.25, 0.3) is 0 Å². The number of carbonyl (C=O) groups excluding carboxylic acids is 1. The molecule has 0 bridgehead atoms. The van der Waals surface area contributed by atoms with Crippen molar-refractivity contribution in [1.29, 1.82) is 0 Å². The SMILES string of the molecule is Cc1nn(CCNC(=O)N(C)c2ccccc2)c(C)c1Cl. The van der Waals surface area contributed by atoms with Crippen molar-refractivity contribution in [2.75, 3.05) is 18.5 Å².